The zero-order chi connectivity index (χ0) is 31.1. The lowest BCUT2D eigenvalue weighted by Crippen LogP contribution is -2.39. The minimum atomic E-state index is -0.870. The van der Waals surface area contributed by atoms with E-state index in [0.29, 0.717) is 73.7 Å². The molecular formula is C30H32N8O6. The Balaban J connectivity index is 1.54. The van der Waals surface area contributed by atoms with E-state index in [1.165, 1.54) is 9.36 Å². The highest BCUT2D eigenvalue weighted by Crippen LogP contribution is 2.31. The number of para-hydroxylation sites is 2. The van der Waals surface area contributed by atoms with Crippen LogP contribution in [0.15, 0.2) is 59.9 Å². The molecule has 14 heteroatoms. The van der Waals surface area contributed by atoms with E-state index >= 15 is 0 Å². The van der Waals surface area contributed by atoms with Gasteiger partial charge in [0, 0.05) is 25.9 Å². The molecule has 1 aliphatic rings. The van der Waals surface area contributed by atoms with Gasteiger partial charge in [-0.3, -0.25) is 19.2 Å². The van der Waals surface area contributed by atoms with Crippen LogP contribution in [-0.4, -0.2) is 76.8 Å². The maximum atomic E-state index is 14.4. The highest BCUT2D eigenvalue weighted by atomic mass is 16.4. The first-order valence-electron chi connectivity index (χ1n) is 14.5. The number of carboxylic acid groups (broad SMARTS) is 2. The molecule has 2 aromatic carbocycles. The molecule has 5 rings (SSSR count). The van der Waals surface area contributed by atoms with Crippen molar-refractivity contribution in [3.05, 3.63) is 59.9 Å². The number of rotatable bonds is 16. The molecule has 0 amide bonds. The molecule has 2 heterocycles. The highest BCUT2D eigenvalue weighted by molar-refractivity contribution is 6.43. The number of allylic oxidation sites excluding steroid dienone is 2. The van der Waals surface area contributed by atoms with Crippen LogP contribution >= 0.6 is 0 Å². The quantitative estimate of drug-likeness (QED) is 0.109. The summed E-state index contributed by atoms with van der Waals surface area (Å²) >= 11 is 0. The molecule has 0 aliphatic heterocycles. The number of nitrogens with one attached hydrogen (secondary N) is 2. The van der Waals surface area contributed by atoms with E-state index in [4.69, 9.17) is 10.2 Å². The second-order valence-electron chi connectivity index (χ2n) is 10.3. The number of hydrogen-bond acceptors (Lipinski definition) is 10. The number of Topliss-reactive ketones (excluding diaryl/α,β-unsaturated/α-hetero) is 2. The van der Waals surface area contributed by atoms with Gasteiger partial charge in [-0.1, -0.05) is 47.5 Å². The van der Waals surface area contributed by atoms with Crippen molar-refractivity contribution in [2.45, 2.75) is 51.4 Å². The average Bonchev–Trinajstić information content (AvgIpc) is 3.63. The normalized spacial score (nSPS) is 13.7. The van der Waals surface area contributed by atoms with E-state index in [1.807, 2.05) is 0 Å². The van der Waals surface area contributed by atoms with Crippen molar-refractivity contribution in [2.24, 2.45) is 0 Å². The lowest BCUT2D eigenvalue weighted by molar-refractivity contribution is -0.138. The summed E-state index contributed by atoms with van der Waals surface area (Å²) in [6.45, 7) is 0.615. The number of aliphatic carboxylic acids is 2. The third-order valence-corrected chi connectivity index (χ3v) is 7.22. The number of unbranched alkanes of at least 4 members (excludes halogenated alkanes) is 4. The Hall–Kier alpha value is -5.40. The molecule has 14 nitrogen and oxygen atoms in total. The Bertz CT molecular complexity index is 1660. The van der Waals surface area contributed by atoms with Gasteiger partial charge in [0.2, 0.25) is 11.6 Å². The molecule has 0 fully saturated rings. The highest BCUT2D eigenvalue weighted by Gasteiger charge is 2.39. The number of aromatic nitrogens is 6. The van der Waals surface area contributed by atoms with Crippen LogP contribution in [-0.2, 0) is 19.2 Å². The average molecular weight is 601 g/mol. The summed E-state index contributed by atoms with van der Waals surface area (Å²) in [6, 6.07) is 14.2. The maximum absolute atomic E-state index is 14.4. The van der Waals surface area contributed by atoms with E-state index in [2.05, 4.69) is 31.3 Å². The van der Waals surface area contributed by atoms with E-state index < -0.39 is 23.5 Å². The van der Waals surface area contributed by atoms with Crippen molar-refractivity contribution in [1.82, 2.24) is 40.6 Å². The molecule has 0 spiro atoms. The Kier molecular flexibility index (Phi) is 9.37. The van der Waals surface area contributed by atoms with E-state index in [0.717, 1.165) is 0 Å². The van der Waals surface area contributed by atoms with Crippen LogP contribution in [0, 0.1) is 0 Å². The van der Waals surface area contributed by atoms with Gasteiger partial charge in [0.1, 0.15) is 33.8 Å². The standard InChI is InChI=1S/C30H32N8O6/c39-23(40)15-3-1-9-17-31-25-27(37-21-13-7-5-11-19(21)33-35-37)30(44)26(32-18-10-2-4-16-24(41)42)28(29(25)43)38-22-14-8-6-12-20(22)34-36-38/h5-8,11-14,31-32H,1-4,9-10,15-18H2,(H,39,40)(H,41,42). The van der Waals surface area contributed by atoms with Crippen molar-refractivity contribution in [1.29, 1.82) is 0 Å². The fraction of sp³-hybridized carbons (Fsp3) is 0.333. The van der Waals surface area contributed by atoms with Crippen molar-refractivity contribution in [3.63, 3.8) is 0 Å². The predicted octanol–water partition coefficient (Wildman–Crippen LogP) is 2.83. The van der Waals surface area contributed by atoms with Crippen molar-refractivity contribution >= 4 is 57.0 Å². The molecule has 0 atom stereocenters. The van der Waals surface area contributed by atoms with Crippen molar-refractivity contribution in [2.75, 3.05) is 13.1 Å². The topological polar surface area (TPSA) is 194 Å². The summed E-state index contributed by atoms with van der Waals surface area (Å²) in [7, 11) is 0. The Labute approximate surface area is 251 Å². The first-order chi connectivity index (χ1) is 21.4. The molecule has 0 saturated carbocycles. The number of hydrogen-bond donors (Lipinski definition) is 4. The smallest absolute Gasteiger partial charge is 0.303 e. The number of ketones is 2. The molecule has 0 radical (unpaired) electrons. The molecular weight excluding hydrogens is 568 g/mol. The first kappa shape index (κ1) is 30.1. The van der Waals surface area contributed by atoms with Crippen molar-refractivity contribution in [3.8, 4) is 0 Å². The third-order valence-electron chi connectivity index (χ3n) is 7.22. The predicted molar refractivity (Wildman–Crippen MR) is 160 cm³/mol. The molecule has 0 unspecified atom stereocenters. The maximum Gasteiger partial charge on any atom is 0.303 e. The second-order valence-corrected chi connectivity index (χ2v) is 10.3. The van der Waals surface area contributed by atoms with Crippen molar-refractivity contribution < 1.29 is 29.4 Å². The van der Waals surface area contributed by atoms with Gasteiger partial charge in [0.25, 0.3) is 0 Å². The second kappa shape index (κ2) is 13.7. The van der Waals surface area contributed by atoms with Gasteiger partial charge in [-0.05, 0) is 49.9 Å². The summed E-state index contributed by atoms with van der Waals surface area (Å²) in [5.74, 6) is -2.75. The number of carbonyl (C=O) groups is 4. The monoisotopic (exact) mass is 600 g/mol. The molecule has 2 aromatic heterocycles. The fourth-order valence-electron chi connectivity index (χ4n) is 5.06. The van der Waals surface area contributed by atoms with Gasteiger partial charge in [-0.2, -0.15) is 0 Å². The summed E-state index contributed by atoms with van der Waals surface area (Å²) in [6.07, 6.45) is 3.43. The van der Waals surface area contributed by atoms with Crippen LogP contribution in [0.2, 0.25) is 0 Å². The number of benzene rings is 2. The number of carbonyl (C=O) groups excluding carboxylic acids is 2. The van der Waals surface area contributed by atoms with Gasteiger partial charge in [0.05, 0.1) is 11.0 Å². The third kappa shape index (κ3) is 6.48. The van der Waals surface area contributed by atoms with E-state index in [1.54, 1.807) is 48.5 Å². The van der Waals surface area contributed by atoms with Gasteiger partial charge in [0.15, 0.2) is 0 Å². The van der Waals surface area contributed by atoms with Gasteiger partial charge >= 0.3 is 11.9 Å². The molecule has 4 aromatic rings. The first-order valence-corrected chi connectivity index (χ1v) is 14.5. The number of fused-ring (bicyclic) bond motifs is 2. The zero-order valence-electron chi connectivity index (χ0n) is 23.9. The van der Waals surface area contributed by atoms with Crippen LogP contribution in [0.4, 0.5) is 0 Å². The van der Waals surface area contributed by atoms with E-state index in [-0.39, 0.29) is 35.6 Å². The molecule has 1 aliphatic carbocycles. The Morgan fingerprint density at radius 3 is 1.43 bits per heavy atom. The molecule has 0 bridgehead atoms. The van der Waals surface area contributed by atoms with Crippen LogP contribution in [0.5, 0.6) is 0 Å². The van der Waals surface area contributed by atoms with Crippen LogP contribution in [0.25, 0.3) is 33.5 Å². The largest absolute Gasteiger partial charge is 0.481 e. The number of carboxylic acids is 2. The molecule has 4 N–H and O–H groups in total. The van der Waals surface area contributed by atoms with Crippen LogP contribution in [0.1, 0.15) is 51.4 Å². The summed E-state index contributed by atoms with van der Waals surface area (Å²) < 4.78 is 2.71. The minimum Gasteiger partial charge on any atom is -0.481 e. The van der Waals surface area contributed by atoms with Gasteiger partial charge < -0.3 is 20.8 Å². The zero-order valence-corrected chi connectivity index (χ0v) is 23.9. The molecule has 44 heavy (non-hydrogen) atoms. The summed E-state index contributed by atoms with van der Waals surface area (Å²) in [5, 5.41) is 41.0. The summed E-state index contributed by atoms with van der Waals surface area (Å²) in [5.41, 5.74) is 2.18. The molecule has 228 valence electrons. The lowest BCUT2D eigenvalue weighted by atomic mass is 9.98. The lowest BCUT2D eigenvalue weighted by Gasteiger charge is -2.25. The van der Waals surface area contributed by atoms with Gasteiger partial charge in [-0.15, -0.1) is 10.2 Å². The Morgan fingerprint density at radius 1 is 0.614 bits per heavy atom. The molecule has 0 saturated heterocycles. The van der Waals surface area contributed by atoms with Gasteiger partial charge in [-0.25, -0.2) is 9.36 Å². The van der Waals surface area contributed by atoms with E-state index in [9.17, 15) is 19.2 Å². The number of nitrogens with zero attached hydrogens (tertiary/aromatic N) is 6. The van der Waals surface area contributed by atoms with Crippen LogP contribution in [0.3, 0.4) is 0 Å². The van der Waals surface area contributed by atoms with Crippen LogP contribution < -0.4 is 10.6 Å². The Morgan fingerprint density at radius 2 is 1.02 bits per heavy atom. The summed E-state index contributed by atoms with van der Waals surface area (Å²) in [4.78, 5) is 50.6. The SMILES string of the molecule is O=C(O)CCCCCNC1=C(n2nnc3ccccc32)C(=O)C(NCCCCCC(=O)O)=C(n2nnc3ccccc32)C1=O. The minimum absolute atomic E-state index is 0.00390. The fourth-order valence-corrected chi connectivity index (χ4v) is 5.06.